The molecular weight excluding hydrogens is 224 g/mol. The second-order valence-corrected chi connectivity index (χ2v) is 5.61. The zero-order valence-corrected chi connectivity index (χ0v) is 11.1. The van der Waals surface area contributed by atoms with Gasteiger partial charge < -0.3 is 10.1 Å². The third kappa shape index (κ3) is 2.85. The lowest BCUT2D eigenvalue weighted by molar-refractivity contribution is 0.0388. The number of nitrogens with one attached hydrogen (secondary N) is 1. The highest BCUT2D eigenvalue weighted by Gasteiger charge is 2.24. The van der Waals surface area contributed by atoms with Crippen molar-refractivity contribution in [1.29, 1.82) is 0 Å². The Labute approximate surface area is 109 Å². The number of likely N-dealkylation sites (tertiary alicyclic amines) is 1. The number of rotatable bonds is 4. The molecule has 1 aromatic rings. The number of nitrogens with zero attached hydrogens (tertiary/aromatic N) is 1. The number of hydrogen-bond acceptors (Lipinski definition) is 3. The molecule has 3 nitrogen and oxygen atoms in total. The Balaban J connectivity index is 1.58. The standard InChI is InChI=1S/C15H22N2O/c1-17-10-15(11-17)18-14-6-2-4-12(9-14)8-13-5-3-7-16-13/h2,4,6,9,13,15-16H,3,5,7-8,10-11H2,1H3. The summed E-state index contributed by atoms with van der Waals surface area (Å²) in [5.74, 6) is 1.03. The number of benzene rings is 1. The molecule has 98 valence electrons. The van der Waals surface area contributed by atoms with Crippen LogP contribution in [0.15, 0.2) is 24.3 Å². The molecule has 0 radical (unpaired) electrons. The first-order valence-electron chi connectivity index (χ1n) is 6.97. The number of hydrogen-bond donors (Lipinski definition) is 1. The van der Waals surface area contributed by atoms with Crippen molar-refractivity contribution in [2.45, 2.75) is 31.4 Å². The number of likely N-dealkylation sites (N-methyl/N-ethyl adjacent to an activating group) is 1. The summed E-state index contributed by atoms with van der Waals surface area (Å²) in [7, 11) is 2.13. The maximum Gasteiger partial charge on any atom is 0.124 e. The molecule has 3 heteroatoms. The van der Waals surface area contributed by atoms with E-state index in [4.69, 9.17) is 4.74 Å². The Kier molecular flexibility index (Phi) is 3.52. The minimum Gasteiger partial charge on any atom is -0.488 e. The molecule has 2 aliphatic rings. The van der Waals surface area contributed by atoms with Gasteiger partial charge >= 0.3 is 0 Å². The average molecular weight is 246 g/mol. The fourth-order valence-corrected chi connectivity index (χ4v) is 2.87. The lowest BCUT2D eigenvalue weighted by atomic mass is 10.0. The van der Waals surface area contributed by atoms with Crippen molar-refractivity contribution in [3.63, 3.8) is 0 Å². The normalized spacial score (nSPS) is 25.1. The van der Waals surface area contributed by atoms with Crippen molar-refractivity contribution in [2.24, 2.45) is 0 Å². The van der Waals surface area contributed by atoms with Gasteiger partial charge in [0.05, 0.1) is 0 Å². The van der Waals surface area contributed by atoms with Gasteiger partial charge in [0.25, 0.3) is 0 Å². The van der Waals surface area contributed by atoms with Crippen LogP contribution in [0.4, 0.5) is 0 Å². The Hall–Kier alpha value is -1.06. The highest BCUT2D eigenvalue weighted by Crippen LogP contribution is 2.20. The van der Waals surface area contributed by atoms with Crippen LogP contribution >= 0.6 is 0 Å². The Morgan fingerprint density at radius 2 is 2.28 bits per heavy atom. The molecule has 1 aromatic carbocycles. The summed E-state index contributed by atoms with van der Waals surface area (Å²) in [4.78, 5) is 2.27. The summed E-state index contributed by atoms with van der Waals surface area (Å²) in [6, 6.07) is 9.26. The van der Waals surface area contributed by atoms with Crippen molar-refractivity contribution < 1.29 is 4.74 Å². The van der Waals surface area contributed by atoms with Crippen LogP contribution in [0, 0.1) is 0 Å². The fourth-order valence-electron chi connectivity index (χ4n) is 2.87. The maximum atomic E-state index is 5.96. The van der Waals surface area contributed by atoms with Crippen LogP contribution in [0.5, 0.6) is 5.75 Å². The van der Waals surface area contributed by atoms with Crippen molar-refractivity contribution in [3.8, 4) is 5.75 Å². The molecule has 0 aromatic heterocycles. The lowest BCUT2D eigenvalue weighted by Crippen LogP contribution is -2.51. The topological polar surface area (TPSA) is 24.5 Å². The lowest BCUT2D eigenvalue weighted by Gasteiger charge is -2.36. The van der Waals surface area contributed by atoms with Crippen LogP contribution in [0.3, 0.4) is 0 Å². The summed E-state index contributed by atoms with van der Waals surface area (Å²) in [5, 5.41) is 3.55. The van der Waals surface area contributed by atoms with Crippen LogP contribution in [0.25, 0.3) is 0 Å². The van der Waals surface area contributed by atoms with E-state index in [9.17, 15) is 0 Å². The van der Waals surface area contributed by atoms with Crippen molar-refractivity contribution in [1.82, 2.24) is 10.2 Å². The van der Waals surface area contributed by atoms with Gasteiger partial charge in [0, 0.05) is 19.1 Å². The Morgan fingerprint density at radius 3 is 3.00 bits per heavy atom. The molecule has 0 saturated carbocycles. The summed E-state index contributed by atoms with van der Waals surface area (Å²) in [6.07, 6.45) is 4.13. The van der Waals surface area contributed by atoms with E-state index >= 15 is 0 Å². The van der Waals surface area contributed by atoms with Gasteiger partial charge in [0.15, 0.2) is 0 Å². The van der Waals surface area contributed by atoms with Gasteiger partial charge in [-0.2, -0.15) is 0 Å². The second kappa shape index (κ2) is 5.29. The first-order valence-corrected chi connectivity index (χ1v) is 6.97. The molecule has 0 spiro atoms. The molecule has 3 rings (SSSR count). The molecule has 0 aliphatic carbocycles. The molecule has 1 N–H and O–H groups in total. The van der Waals surface area contributed by atoms with Gasteiger partial charge in [-0.25, -0.2) is 0 Å². The van der Waals surface area contributed by atoms with E-state index in [-0.39, 0.29) is 0 Å². The van der Waals surface area contributed by atoms with Gasteiger partial charge in [-0.3, -0.25) is 4.90 Å². The molecule has 18 heavy (non-hydrogen) atoms. The number of ether oxygens (including phenoxy) is 1. The van der Waals surface area contributed by atoms with E-state index < -0.39 is 0 Å². The van der Waals surface area contributed by atoms with Gasteiger partial charge in [0.2, 0.25) is 0 Å². The minimum atomic E-state index is 0.384. The van der Waals surface area contributed by atoms with E-state index in [1.54, 1.807) is 0 Å². The Bertz CT molecular complexity index is 395. The highest BCUT2D eigenvalue weighted by atomic mass is 16.5. The van der Waals surface area contributed by atoms with Crippen LogP contribution in [-0.2, 0) is 6.42 Å². The first kappa shape index (κ1) is 12.0. The predicted molar refractivity (Wildman–Crippen MR) is 73.1 cm³/mol. The van der Waals surface area contributed by atoms with Gasteiger partial charge in [-0.05, 0) is 50.6 Å². The van der Waals surface area contributed by atoms with Crippen molar-refractivity contribution in [2.75, 3.05) is 26.7 Å². The molecule has 1 atom stereocenters. The highest BCUT2D eigenvalue weighted by molar-refractivity contribution is 5.29. The van der Waals surface area contributed by atoms with Gasteiger partial charge in [-0.15, -0.1) is 0 Å². The molecule has 2 heterocycles. The van der Waals surface area contributed by atoms with E-state index in [1.807, 2.05) is 0 Å². The van der Waals surface area contributed by atoms with E-state index in [0.717, 1.165) is 25.3 Å². The minimum absolute atomic E-state index is 0.384. The van der Waals surface area contributed by atoms with Gasteiger partial charge in [-0.1, -0.05) is 12.1 Å². The first-order chi connectivity index (χ1) is 8.79. The Morgan fingerprint density at radius 1 is 1.39 bits per heavy atom. The molecular formula is C15H22N2O. The van der Waals surface area contributed by atoms with E-state index in [1.165, 1.54) is 24.9 Å². The SMILES string of the molecule is CN1CC(Oc2cccc(CC3CCCN3)c2)C1. The molecule has 0 bridgehead atoms. The van der Waals surface area contributed by atoms with Crippen molar-refractivity contribution in [3.05, 3.63) is 29.8 Å². The fraction of sp³-hybridized carbons (Fsp3) is 0.600. The zero-order chi connectivity index (χ0) is 12.4. The zero-order valence-electron chi connectivity index (χ0n) is 11.1. The average Bonchev–Trinajstić information content (AvgIpc) is 2.80. The molecule has 1 unspecified atom stereocenters. The summed E-state index contributed by atoms with van der Waals surface area (Å²) < 4.78 is 5.96. The maximum absolute atomic E-state index is 5.96. The molecule has 2 saturated heterocycles. The third-order valence-corrected chi connectivity index (χ3v) is 3.88. The van der Waals surface area contributed by atoms with E-state index in [0.29, 0.717) is 12.1 Å². The summed E-state index contributed by atoms with van der Waals surface area (Å²) >= 11 is 0. The van der Waals surface area contributed by atoms with Gasteiger partial charge in [0.1, 0.15) is 11.9 Å². The predicted octanol–water partition coefficient (Wildman–Crippen LogP) is 1.67. The molecule has 2 fully saturated rings. The third-order valence-electron chi connectivity index (χ3n) is 3.88. The monoisotopic (exact) mass is 246 g/mol. The van der Waals surface area contributed by atoms with E-state index in [2.05, 4.69) is 41.5 Å². The second-order valence-electron chi connectivity index (χ2n) is 5.61. The molecule has 0 amide bonds. The van der Waals surface area contributed by atoms with Crippen LogP contribution < -0.4 is 10.1 Å². The van der Waals surface area contributed by atoms with Crippen LogP contribution in [0.1, 0.15) is 18.4 Å². The smallest absolute Gasteiger partial charge is 0.124 e. The van der Waals surface area contributed by atoms with Crippen molar-refractivity contribution >= 4 is 0 Å². The molecule has 2 aliphatic heterocycles. The van der Waals surface area contributed by atoms with Crippen LogP contribution in [-0.4, -0.2) is 43.7 Å². The summed E-state index contributed by atoms with van der Waals surface area (Å²) in [5.41, 5.74) is 1.39. The quantitative estimate of drug-likeness (QED) is 0.874. The summed E-state index contributed by atoms with van der Waals surface area (Å²) in [6.45, 7) is 3.28. The largest absolute Gasteiger partial charge is 0.488 e. The van der Waals surface area contributed by atoms with Crippen LogP contribution in [0.2, 0.25) is 0 Å².